The van der Waals surface area contributed by atoms with Crippen LogP contribution in [0.25, 0.3) is 0 Å². The number of nitrogens with one attached hydrogen (secondary N) is 1. The third kappa shape index (κ3) is 6.29. The third-order valence-corrected chi connectivity index (χ3v) is 1.19. The van der Waals surface area contributed by atoms with Crippen molar-refractivity contribution in [3.8, 4) is 0 Å². The van der Waals surface area contributed by atoms with Gasteiger partial charge < -0.3 is 5.32 Å². The van der Waals surface area contributed by atoms with E-state index >= 15 is 0 Å². The first-order valence-corrected chi connectivity index (χ1v) is 4.13. The lowest BCUT2D eigenvalue weighted by molar-refractivity contribution is -0.121. The summed E-state index contributed by atoms with van der Waals surface area (Å²) in [7, 11) is 0. The van der Waals surface area contributed by atoms with Crippen LogP contribution in [0.5, 0.6) is 0 Å². The summed E-state index contributed by atoms with van der Waals surface area (Å²) in [5, 5.41) is 2.58. The summed E-state index contributed by atoms with van der Waals surface area (Å²) in [6.07, 6.45) is 0.427. The van der Waals surface area contributed by atoms with Gasteiger partial charge in [-0.05, 0) is 0 Å². The Kier molecular flexibility index (Phi) is 4.20. The molecule has 0 aliphatic rings. The van der Waals surface area contributed by atoms with Gasteiger partial charge in [-0.15, -0.1) is 0 Å². The zero-order valence-corrected chi connectivity index (χ0v) is 8.01. The van der Waals surface area contributed by atoms with E-state index in [9.17, 15) is 4.79 Å². The molecule has 60 valence electrons. The van der Waals surface area contributed by atoms with Crippen LogP contribution in [0.15, 0.2) is 0 Å². The maximum Gasteiger partial charge on any atom is 0.222 e. The van der Waals surface area contributed by atoms with E-state index in [1.165, 1.54) is 0 Å². The lowest BCUT2D eigenvalue weighted by Gasteiger charge is -2.15. The van der Waals surface area contributed by atoms with Crippen LogP contribution in [0.1, 0.15) is 20.3 Å². The molecule has 2 nitrogen and oxygen atoms in total. The van der Waals surface area contributed by atoms with Crippen LogP contribution in [0, 0.1) is 0 Å². The third-order valence-electron chi connectivity index (χ3n) is 0.869. The minimum absolute atomic E-state index is 0.00463. The van der Waals surface area contributed by atoms with Crippen molar-refractivity contribution in [3.63, 3.8) is 0 Å². The van der Waals surface area contributed by atoms with Gasteiger partial charge >= 0.3 is 0 Å². The van der Waals surface area contributed by atoms with Crippen molar-refractivity contribution < 1.29 is 4.79 Å². The van der Waals surface area contributed by atoms with Gasteiger partial charge in [0.25, 0.3) is 0 Å². The molecule has 0 bridgehead atoms. The van der Waals surface area contributed by atoms with Gasteiger partial charge in [-0.25, -0.2) is 0 Å². The first-order chi connectivity index (χ1) is 4.45. The Morgan fingerprint density at radius 3 is 2.40 bits per heavy atom. The Morgan fingerprint density at radius 2 is 2.10 bits per heavy atom. The number of hydrogen-bond donors (Lipinski definition) is 3. The van der Waals surface area contributed by atoms with Crippen molar-refractivity contribution in [2.24, 2.45) is 0 Å². The van der Waals surface area contributed by atoms with Crippen molar-refractivity contribution in [3.05, 3.63) is 0 Å². The quantitative estimate of drug-likeness (QED) is 0.439. The second-order valence-corrected chi connectivity index (χ2v) is 4.27. The highest BCUT2D eigenvalue weighted by Gasteiger charge is 2.15. The van der Waals surface area contributed by atoms with E-state index < -0.39 is 0 Å². The smallest absolute Gasteiger partial charge is 0.222 e. The molecule has 10 heavy (non-hydrogen) atoms. The van der Waals surface area contributed by atoms with Crippen molar-refractivity contribution >= 4 is 31.2 Å². The Labute approximate surface area is 72.6 Å². The van der Waals surface area contributed by atoms with Gasteiger partial charge in [-0.2, -0.15) is 25.3 Å². The molecule has 0 unspecified atom stereocenters. The van der Waals surface area contributed by atoms with Gasteiger partial charge in [0.05, 0.1) is 5.88 Å². The van der Waals surface area contributed by atoms with Gasteiger partial charge in [-0.1, -0.05) is 13.8 Å². The summed E-state index contributed by atoms with van der Waals surface area (Å²) < 4.78 is -0.229. The number of rotatable bonds is 3. The fourth-order valence-electron chi connectivity index (χ4n) is 0.544. The Morgan fingerprint density at radius 1 is 1.60 bits per heavy atom. The summed E-state index contributed by atoms with van der Waals surface area (Å²) in [4.78, 5) is 10.8. The molecular weight excluding hydrogens is 166 g/mol. The maximum atomic E-state index is 10.8. The second-order valence-electron chi connectivity index (χ2n) is 2.75. The summed E-state index contributed by atoms with van der Waals surface area (Å²) in [6.45, 7) is 3.79. The van der Waals surface area contributed by atoms with Gasteiger partial charge in [0.1, 0.15) is 0 Å². The lowest BCUT2D eigenvalue weighted by atomic mass is 10.1. The minimum atomic E-state index is -0.229. The van der Waals surface area contributed by atoms with Crippen LogP contribution in [0.2, 0.25) is 0 Å². The predicted molar refractivity (Wildman–Crippen MR) is 49.7 cm³/mol. The Balaban J connectivity index is 3.58. The van der Waals surface area contributed by atoms with E-state index in [0.29, 0.717) is 12.3 Å². The van der Waals surface area contributed by atoms with E-state index in [1.54, 1.807) is 0 Å². The summed E-state index contributed by atoms with van der Waals surface area (Å²) in [5.41, 5.74) is 0. The zero-order chi connectivity index (χ0) is 8.20. The molecule has 0 aromatic carbocycles. The Bertz CT molecular complexity index is 119. The molecular formula is C6H13NOS2. The van der Waals surface area contributed by atoms with E-state index in [1.807, 2.05) is 13.8 Å². The summed E-state index contributed by atoms with van der Waals surface area (Å²) in [6, 6.07) is 0. The van der Waals surface area contributed by atoms with Crippen molar-refractivity contribution in [2.75, 3.05) is 5.88 Å². The summed E-state index contributed by atoms with van der Waals surface area (Å²) >= 11 is 8.05. The maximum absolute atomic E-state index is 10.8. The molecule has 0 aromatic rings. The number of amides is 1. The molecule has 0 aromatic heterocycles. The molecule has 0 heterocycles. The highest BCUT2D eigenvalue weighted by molar-refractivity contribution is 7.81. The number of thiol groups is 2. The summed E-state index contributed by atoms with van der Waals surface area (Å²) in [5.74, 6) is 0.387. The highest BCUT2D eigenvalue weighted by atomic mass is 32.1. The average Bonchev–Trinajstić information content (AvgIpc) is 1.59. The van der Waals surface area contributed by atoms with E-state index in [0.717, 1.165) is 0 Å². The zero-order valence-electron chi connectivity index (χ0n) is 6.22. The molecule has 0 rings (SSSR count). The molecule has 1 amide bonds. The van der Waals surface area contributed by atoms with Crippen molar-refractivity contribution in [2.45, 2.75) is 25.0 Å². The van der Waals surface area contributed by atoms with Crippen LogP contribution in [0.3, 0.4) is 0 Å². The Hall–Kier alpha value is 0.170. The van der Waals surface area contributed by atoms with Crippen LogP contribution < -0.4 is 5.32 Å². The number of hydrogen-bond acceptors (Lipinski definition) is 3. The second kappa shape index (κ2) is 4.13. The average molecular weight is 179 g/mol. The predicted octanol–water partition coefficient (Wildman–Crippen LogP) is 1.09. The molecule has 0 spiro atoms. The van der Waals surface area contributed by atoms with Gasteiger partial charge in [0.15, 0.2) is 0 Å². The molecule has 0 fully saturated rings. The molecule has 0 aliphatic carbocycles. The minimum Gasteiger partial charge on any atom is -0.347 e. The van der Waals surface area contributed by atoms with Crippen molar-refractivity contribution in [1.29, 1.82) is 0 Å². The monoisotopic (exact) mass is 179 g/mol. The van der Waals surface area contributed by atoms with Crippen LogP contribution in [0.4, 0.5) is 0 Å². The highest BCUT2D eigenvalue weighted by Crippen LogP contribution is 2.15. The van der Waals surface area contributed by atoms with Crippen LogP contribution in [-0.4, -0.2) is 16.5 Å². The normalized spacial score (nSPS) is 11.2. The molecule has 0 radical (unpaired) electrons. The topological polar surface area (TPSA) is 29.1 Å². The van der Waals surface area contributed by atoms with E-state index in [4.69, 9.17) is 0 Å². The van der Waals surface area contributed by atoms with Crippen molar-refractivity contribution in [1.82, 2.24) is 5.32 Å². The van der Waals surface area contributed by atoms with Gasteiger partial charge in [0.2, 0.25) is 5.91 Å². The SMILES string of the molecule is CC(C)(S)CC(=O)NCS. The largest absolute Gasteiger partial charge is 0.347 e. The first kappa shape index (κ1) is 10.2. The molecule has 0 saturated carbocycles. The first-order valence-electron chi connectivity index (χ1n) is 3.05. The fourth-order valence-corrected chi connectivity index (χ4v) is 0.864. The van der Waals surface area contributed by atoms with Crippen LogP contribution in [-0.2, 0) is 4.79 Å². The van der Waals surface area contributed by atoms with E-state index in [-0.39, 0.29) is 10.7 Å². The fraction of sp³-hybridized carbons (Fsp3) is 0.833. The van der Waals surface area contributed by atoms with Crippen LogP contribution >= 0.6 is 25.3 Å². The number of carbonyl (C=O) groups is 1. The molecule has 0 atom stereocenters. The molecule has 0 aliphatic heterocycles. The standard InChI is InChI=1S/C6H13NOS2/c1-6(2,10)3-5(8)7-4-9/h9-10H,3-4H2,1-2H3,(H,7,8). The molecule has 0 saturated heterocycles. The van der Waals surface area contributed by atoms with Gasteiger partial charge in [-0.3, -0.25) is 4.79 Å². The molecule has 4 heteroatoms. The lowest BCUT2D eigenvalue weighted by Crippen LogP contribution is -2.28. The molecule has 1 N–H and O–H groups in total. The van der Waals surface area contributed by atoms with E-state index in [2.05, 4.69) is 30.6 Å². The number of carbonyl (C=O) groups excluding carboxylic acids is 1. The van der Waals surface area contributed by atoms with Gasteiger partial charge in [0, 0.05) is 11.2 Å².